The molecule has 0 spiro atoms. The molecule has 1 saturated heterocycles. The average Bonchev–Trinajstić information content (AvgIpc) is 2.94. The fourth-order valence-electron chi connectivity index (χ4n) is 3.15. The average molecular weight is 523 g/mol. The van der Waals surface area contributed by atoms with Crippen molar-refractivity contribution in [1.82, 2.24) is 9.55 Å². The van der Waals surface area contributed by atoms with Gasteiger partial charge in [0.05, 0.1) is 19.4 Å². The summed E-state index contributed by atoms with van der Waals surface area (Å²) >= 11 is 0. The molecule has 0 unspecified atom stereocenters. The molecule has 4 atom stereocenters. The molecule has 1 aromatic rings. The summed E-state index contributed by atoms with van der Waals surface area (Å²) in [6, 6.07) is 0. The zero-order valence-electron chi connectivity index (χ0n) is 21.9. The molecule has 0 bridgehead atoms. The molecule has 0 aromatic carbocycles. The summed E-state index contributed by atoms with van der Waals surface area (Å²) in [5.74, 6) is -1.25. The topological polar surface area (TPSA) is 103 Å². The van der Waals surface area contributed by atoms with E-state index >= 15 is 4.39 Å². The fourth-order valence-corrected chi connectivity index (χ4v) is 5.52. The molecule has 1 aliphatic rings. The largest absolute Gasteiger partial charge is 0.414 e. The van der Waals surface area contributed by atoms with E-state index < -0.39 is 64.4 Å². The van der Waals surface area contributed by atoms with E-state index in [-0.39, 0.29) is 16.7 Å². The van der Waals surface area contributed by atoms with Crippen molar-refractivity contribution in [2.75, 3.05) is 13.2 Å². The van der Waals surface area contributed by atoms with Crippen LogP contribution in [0.15, 0.2) is 15.8 Å². The van der Waals surface area contributed by atoms with Crippen molar-refractivity contribution in [2.24, 2.45) is 0 Å². The number of alkyl halides is 1. The normalized spacial score (nSPS) is 26.8. The van der Waals surface area contributed by atoms with Crippen LogP contribution in [0.25, 0.3) is 0 Å². The predicted molar refractivity (Wildman–Crippen MR) is 131 cm³/mol. The summed E-state index contributed by atoms with van der Waals surface area (Å²) in [7, 11) is -4.93. The third-order valence-corrected chi connectivity index (χ3v) is 16.5. The van der Waals surface area contributed by atoms with Gasteiger partial charge in [0, 0.05) is 0 Å². The summed E-state index contributed by atoms with van der Waals surface area (Å²) < 4.78 is 49.4. The number of aromatic amines is 1. The minimum Gasteiger partial charge on any atom is -0.414 e. The lowest BCUT2D eigenvalue weighted by atomic mass is 9.98. The molecule has 0 amide bonds. The highest BCUT2D eigenvalue weighted by Gasteiger charge is 2.60. The number of hydrogen-bond acceptors (Lipinski definition) is 6. The van der Waals surface area contributed by atoms with Crippen LogP contribution in [0, 0.1) is 5.82 Å². The van der Waals surface area contributed by atoms with Crippen molar-refractivity contribution in [2.45, 2.75) is 102 Å². The number of halogens is 2. The van der Waals surface area contributed by atoms with Gasteiger partial charge in [-0.05, 0) is 36.3 Å². The number of aliphatic hydroxyl groups excluding tert-OH is 1. The van der Waals surface area contributed by atoms with Gasteiger partial charge in [-0.3, -0.25) is 14.3 Å². The Bertz CT molecular complexity index is 999. The van der Waals surface area contributed by atoms with Crippen LogP contribution >= 0.6 is 0 Å². The molecule has 0 saturated carbocycles. The van der Waals surface area contributed by atoms with Crippen LogP contribution in [0.5, 0.6) is 0 Å². The summed E-state index contributed by atoms with van der Waals surface area (Å²) in [5.41, 5.74) is -3.87. The number of hydrogen-bond donors (Lipinski definition) is 2. The molecule has 12 heteroatoms. The molecule has 0 radical (unpaired) electrons. The molecule has 1 fully saturated rings. The molecular weight excluding hydrogens is 482 g/mol. The highest BCUT2D eigenvalue weighted by Crippen LogP contribution is 2.47. The van der Waals surface area contributed by atoms with E-state index in [1.54, 1.807) is 0 Å². The Morgan fingerprint density at radius 3 is 2.12 bits per heavy atom. The van der Waals surface area contributed by atoms with Crippen LogP contribution in [0.1, 0.15) is 47.8 Å². The van der Waals surface area contributed by atoms with Gasteiger partial charge < -0.3 is 18.7 Å². The third-order valence-electron chi connectivity index (χ3n) is 7.61. The van der Waals surface area contributed by atoms with Gasteiger partial charge in [0.2, 0.25) is 5.82 Å². The van der Waals surface area contributed by atoms with Crippen LogP contribution in [0.3, 0.4) is 0 Å². The highest BCUT2D eigenvalue weighted by molar-refractivity contribution is 6.74. The SMILES string of the molecule is CC(C)(C)[Si](C)(C)OC[C@@]1(CO)O[C@@H](n2cc(F)c(=O)[nH]c2=O)[C@@H](F)[C@@H]1O[Si](C)(C)C(C)(C)C. The Hall–Kier alpha value is -1.19. The Morgan fingerprint density at radius 1 is 1.12 bits per heavy atom. The number of aliphatic hydroxyl groups is 1. The molecule has 2 rings (SSSR count). The lowest BCUT2D eigenvalue weighted by molar-refractivity contribution is -0.145. The Balaban J connectivity index is 2.58. The maximum Gasteiger partial charge on any atom is 0.330 e. The third kappa shape index (κ3) is 5.46. The van der Waals surface area contributed by atoms with Gasteiger partial charge >= 0.3 is 5.69 Å². The highest BCUT2D eigenvalue weighted by atomic mass is 28.4. The number of ether oxygens (including phenoxy) is 1. The molecule has 0 aliphatic carbocycles. The second-order valence-corrected chi connectivity index (χ2v) is 21.7. The lowest BCUT2D eigenvalue weighted by Crippen LogP contribution is -2.58. The molecule has 34 heavy (non-hydrogen) atoms. The van der Waals surface area contributed by atoms with Crippen LogP contribution in [0.4, 0.5) is 8.78 Å². The van der Waals surface area contributed by atoms with E-state index in [4.69, 9.17) is 13.6 Å². The maximum absolute atomic E-state index is 16.0. The van der Waals surface area contributed by atoms with Gasteiger partial charge in [-0.25, -0.2) is 9.18 Å². The first kappa shape index (κ1) is 29.0. The first-order chi connectivity index (χ1) is 15.2. The molecule has 196 valence electrons. The second kappa shape index (κ2) is 9.36. The number of nitrogens with zero attached hydrogens (tertiary/aromatic N) is 1. The van der Waals surface area contributed by atoms with Crippen LogP contribution < -0.4 is 11.2 Å². The monoisotopic (exact) mass is 522 g/mol. The van der Waals surface area contributed by atoms with Gasteiger partial charge in [0.15, 0.2) is 29.0 Å². The van der Waals surface area contributed by atoms with Crippen molar-refractivity contribution in [3.8, 4) is 0 Å². The number of H-pyrrole nitrogens is 1. The van der Waals surface area contributed by atoms with Gasteiger partial charge in [0.1, 0.15) is 11.7 Å². The van der Waals surface area contributed by atoms with Crippen LogP contribution in [-0.4, -0.2) is 62.4 Å². The summed E-state index contributed by atoms with van der Waals surface area (Å²) in [6.45, 7) is 19.2. The van der Waals surface area contributed by atoms with Gasteiger partial charge in [-0.2, -0.15) is 4.39 Å². The van der Waals surface area contributed by atoms with Crippen molar-refractivity contribution in [3.05, 3.63) is 32.9 Å². The number of rotatable bonds is 7. The molecular formula is C22H40F2N2O6Si2. The van der Waals surface area contributed by atoms with E-state index in [0.29, 0.717) is 10.8 Å². The van der Waals surface area contributed by atoms with Crippen LogP contribution in [0.2, 0.25) is 36.3 Å². The smallest absolute Gasteiger partial charge is 0.330 e. The predicted octanol–water partition coefficient (Wildman–Crippen LogP) is 3.69. The van der Waals surface area contributed by atoms with E-state index in [1.165, 1.54) is 0 Å². The fraction of sp³-hybridized carbons (Fsp3) is 0.818. The van der Waals surface area contributed by atoms with Crippen molar-refractivity contribution in [3.63, 3.8) is 0 Å². The van der Waals surface area contributed by atoms with E-state index in [0.717, 1.165) is 0 Å². The Morgan fingerprint density at radius 2 is 1.65 bits per heavy atom. The maximum atomic E-state index is 16.0. The summed E-state index contributed by atoms with van der Waals surface area (Å²) in [6.07, 6.45) is -4.23. The lowest BCUT2D eigenvalue weighted by Gasteiger charge is -2.44. The van der Waals surface area contributed by atoms with Gasteiger partial charge in [-0.15, -0.1) is 0 Å². The summed E-state index contributed by atoms with van der Waals surface area (Å²) in [5, 5.41) is 10.1. The molecule has 1 aromatic heterocycles. The van der Waals surface area contributed by atoms with Crippen molar-refractivity contribution < 1.29 is 27.5 Å². The van der Waals surface area contributed by atoms with Gasteiger partial charge in [0.25, 0.3) is 5.56 Å². The Labute approximate surface area is 201 Å². The standard InChI is InChI=1S/C22H40F2N2O6Si2/c1-20(2,3)33(7,8)30-13-22(12-27)16(32-34(9,10)21(4,5)6)15(24)18(31-22)26-11-14(23)17(28)25-19(26)29/h11,15-16,18,27H,12-13H2,1-10H3,(H,25,28,29)/t15-,16-,18+,22+/m0/s1. The first-order valence-corrected chi connectivity index (χ1v) is 17.3. The number of aromatic nitrogens is 2. The second-order valence-electron chi connectivity index (χ2n) is 12.2. The minimum absolute atomic E-state index is 0.161. The molecule has 1 aliphatic heterocycles. The molecule has 2 N–H and O–H groups in total. The van der Waals surface area contributed by atoms with Crippen molar-refractivity contribution >= 4 is 16.6 Å². The zero-order chi connectivity index (χ0) is 26.5. The van der Waals surface area contributed by atoms with Crippen LogP contribution in [-0.2, 0) is 13.6 Å². The van der Waals surface area contributed by atoms with E-state index in [9.17, 15) is 19.1 Å². The van der Waals surface area contributed by atoms with E-state index in [1.807, 2.05) is 72.7 Å². The van der Waals surface area contributed by atoms with E-state index in [2.05, 4.69) is 0 Å². The Kier molecular flexibility index (Phi) is 7.99. The summed E-state index contributed by atoms with van der Waals surface area (Å²) in [4.78, 5) is 25.7. The molecule has 8 nitrogen and oxygen atoms in total. The molecule has 2 heterocycles. The first-order valence-electron chi connectivity index (χ1n) is 11.4. The number of nitrogens with one attached hydrogen (secondary N) is 1. The van der Waals surface area contributed by atoms with Gasteiger partial charge in [-0.1, -0.05) is 41.5 Å². The minimum atomic E-state index is -2.59. The zero-order valence-corrected chi connectivity index (χ0v) is 23.9. The quantitative estimate of drug-likeness (QED) is 0.530. The van der Waals surface area contributed by atoms with Crippen molar-refractivity contribution in [1.29, 1.82) is 0 Å².